The number of ether oxygens (including phenoxy) is 3. The lowest BCUT2D eigenvalue weighted by Crippen LogP contribution is -2.27. The number of hydrogen-bond acceptors (Lipinski definition) is 5. The smallest absolute Gasteiger partial charge is 0.252 e. The summed E-state index contributed by atoms with van der Waals surface area (Å²) in [6, 6.07) is 22.7. The molecular formula is C28H28N2O4. The van der Waals surface area contributed by atoms with Crippen LogP contribution in [0.1, 0.15) is 35.8 Å². The standard InChI is InChI=1S/C28H28N2O4/c1-5-34-21-13-10-19(11-14-21)18(2)29-28(31)23-17-25(30-24-9-7-6-8-22(23)24)20-12-15-26(32-3)27(16-20)33-4/h6-18H,5H2,1-4H3,(H,29,31). The summed E-state index contributed by atoms with van der Waals surface area (Å²) in [6.07, 6.45) is 0. The Bertz CT molecular complexity index is 1300. The van der Waals surface area contributed by atoms with Gasteiger partial charge in [0.2, 0.25) is 0 Å². The van der Waals surface area contributed by atoms with Crippen LogP contribution in [0.5, 0.6) is 17.2 Å². The zero-order chi connectivity index (χ0) is 24.1. The summed E-state index contributed by atoms with van der Waals surface area (Å²) in [7, 11) is 3.19. The Morgan fingerprint density at radius 3 is 2.38 bits per heavy atom. The summed E-state index contributed by atoms with van der Waals surface area (Å²) in [5, 5.41) is 3.92. The molecule has 0 saturated heterocycles. The van der Waals surface area contributed by atoms with Crippen molar-refractivity contribution < 1.29 is 19.0 Å². The molecule has 174 valence electrons. The fraction of sp³-hybridized carbons (Fsp3) is 0.214. The van der Waals surface area contributed by atoms with E-state index in [1.54, 1.807) is 14.2 Å². The van der Waals surface area contributed by atoms with E-state index in [2.05, 4.69) is 5.32 Å². The molecule has 0 fully saturated rings. The van der Waals surface area contributed by atoms with Crippen LogP contribution in [-0.2, 0) is 0 Å². The highest BCUT2D eigenvalue weighted by atomic mass is 16.5. The normalized spacial score (nSPS) is 11.6. The van der Waals surface area contributed by atoms with Gasteiger partial charge in [0.05, 0.1) is 43.6 Å². The summed E-state index contributed by atoms with van der Waals surface area (Å²) in [4.78, 5) is 18.2. The van der Waals surface area contributed by atoms with E-state index in [0.717, 1.165) is 27.8 Å². The van der Waals surface area contributed by atoms with Crippen molar-refractivity contribution in [3.05, 3.63) is 83.9 Å². The van der Waals surface area contributed by atoms with Crippen molar-refractivity contribution >= 4 is 16.8 Å². The highest BCUT2D eigenvalue weighted by Crippen LogP contribution is 2.33. The van der Waals surface area contributed by atoms with Gasteiger partial charge in [-0.15, -0.1) is 0 Å². The van der Waals surface area contributed by atoms with E-state index in [9.17, 15) is 4.79 Å². The van der Waals surface area contributed by atoms with Crippen LogP contribution in [0, 0.1) is 0 Å². The van der Waals surface area contributed by atoms with Gasteiger partial charge >= 0.3 is 0 Å². The molecule has 1 unspecified atom stereocenters. The molecule has 34 heavy (non-hydrogen) atoms. The van der Waals surface area contributed by atoms with Crippen molar-refractivity contribution in [3.8, 4) is 28.5 Å². The van der Waals surface area contributed by atoms with Gasteiger partial charge in [0.15, 0.2) is 11.5 Å². The molecule has 0 saturated carbocycles. The maximum absolute atomic E-state index is 13.4. The Kier molecular flexibility index (Phi) is 6.97. The molecule has 1 atom stereocenters. The van der Waals surface area contributed by atoms with Crippen molar-refractivity contribution in [2.45, 2.75) is 19.9 Å². The van der Waals surface area contributed by atoms with Crippen LogP contribution >= 0.6 is 0 Å². The summed E-state index contributed by atoms with van der Waals surface area (Å²) >= 11 is 0. The molecule has 1 heterocycles. The van der Waals surface area contributed by atoms with E-state index in [0.29, 0.717) is 29.4 Å². The van der Waals surface area contributed by atoms with E-state index in [1.807, 2.05) is 86.6 Å². The largest absolute Gasteiger partial charge is 0.494 e. The molecule has 1 aromatic heterocycles. The van der Waals surface area contributed by atoms with Crippen molar-refractivity contribution in [1.29, 1.82) is 0 Å². The third kappa shape index (κ3) is 4.81. The van der Waals surface area contributed by atoms with Gasteiger partial charge in [0.1, 0.15) is 5.75 Å². The van der Waals surface area contributed by atoms with E-state index in [-0.39, 0.29) is 11.9 Å². The minimum absolute atomic E-state index is 0.165. The van der Waals surface area contributed by atoms with E-state index in [4.69, 9.17) is 19.2 Å². The first kappa shape index (κ1) is 23.1. The highest BCUT2D eigenvalue weighted by molar-refractivity contribution is 6.07. The molecule has 0 radical (unpaired) electrons. The molecule has 0 bridgehead atoms. The van der Waals surface area contributed by atoms with Crippen LogP contribution in [0.2, 0.25) is 0 Å². The number of aromatic nitrogens is 1. The van der Waals surface area contributed by atoms with Crippen molar-refractivity contribution in [1.82, 2.24) is 10.3 Å². The zero-order valence-electron chi connectivity index (χ0n) is 19.8. The lowest BCUT2D eigenvalue weighted by atomic mass is 10.0. The summed E-state index contributed by atoms with van der Waals surface area (Å²) in [5.74, 6) is 1.88. The van der Waals surface area contributed by atoms with Crippen LogP contribution in [0.15, 0.2) is 72.8 Å². The number of nitrogens with one attached hydrogen (secondary N) is 1. The Balaban J connectivity index is 1.68. The Hall–Kier alpha value is -4.06. The molecule has 6 nitrogen and oxygen atoms in total. The molecule has 1 N–H and O–H groups in total. The molecule has 0 aliphatic carbocycles. The quantitative estimate of drug-likeness (QED) is 0.362. The maximum Gasteiger partial charge on any atom is 0.252 e. The SMILES string of the molecule is CCOc1ccc(C(C)NC(=O)c2cc(-c3ccc(OC)c(OC)c3)nc3ccccc23)cc1. The van der Waals surface area contributed by atoms with Crippen LogP contribution in [0.4, 0.5) is 0 Å². The van der Waals surface area contributed by atoms with Gasteiger partial charge in [-0.3, -0.25) is 4.79 Å². The number of para-hydroxylation sites is 1. The third-order valence-corrected chi connectivity index (χ3v) is 5.68. The van der Waals surface area contributed by atoms with E-state index < -0.39 is 0 Å². The monoisotopic (exact) mass is 456 g/mol. The fourth-order valence-corrected chi connectivity index (χ4v) is 3.88. The molecular weight excluding hydrogens is 428 g/mol. The Morgan fingerprint density at radius 1 is 0.941 bits per heavy atom. The number of carbonyl (C=O) groups excluding carboxylic acids is 1. The van der Waals surface area contributed by atoms with Crippen LogP contribution in [0.3, 0.4) is 0 Å². The van der Waals surface area contributed by atoms with E-state index >= 15 is 0 Å². The number of rotatable bonds is 8. The minimum Gasteiger partial charge on any atom is -0.494 e. The summed E-state index contributed by atoms with van der Waals surface area (Å²) in [6.45, 7) is 4.53. The van der Waals surface area contributed by atoms with Crippen LogP contribution < -0.4 is 19.5 Å². The second-order valence-electron chi connectivity index (χ2n) is 7.84. The molecule has 1 amide bonds. The molecule has 4 rings (SSSR count). The van der Waals surface area contributed by atoms with Crippen molar-refractivity contribution in [2.24, 2.45) is 0 Å². The third-order valence-electron chi connectivity index (χ3n) is 5.68. The van der Waals surface area contributed by atoms with E-state index in [1.165, 1.54) is 0 Å². The average Bonchev–Trinajstić information content (AvgIpc) is 2.88. The second-order valence-corrected chi connectivity index (χ2v) is 7.84. The first-order valence-corrected chi connectivity index (χ1v) is 11.2. The van der Waals surface area contributed by atoms with Gasteiger partial charge in [-0.25, -0.2) is 4.98 Å². The topological polar surface area (TPSA) is 69.7 Å². The molecule has 0 aliphatic heterocycles. The van der Waals surface area contributed by atoms with Gasteiger partial charge in [-0.05, 0) is 61.9 Å². The minimum atomic E-state index is -0.181. The number of benzene rings is 3. The molecule has 3 aromatic carbocycles. The number of pyridine rings is 1. The van der Waals surface area contributed by atoms with Gasteiger partial charge < -0.3 is 19.5 Å². The number of fused-ring (bicyclic) bond motifs is 1. The average molecular weight is 457 g/mol. The van der Waals surface area contributed by atoms with Gasteiger partial charge in [-0.2, -0.15) is 0 Å². The lowest BCUT2D eigenvalue weighted by Gasteiger charge is -2.17. The molecule has 4 aromatic rings. The summed E-state index contributed by atoms with van der Waals surface area (Å²) in [5.41, 5.74) is 3.81. The number of amides is 1. The number of nitrogens with zero attached hydrogens (tertiary/aromatic N) is 1. The Morgan fingerprint density at radius 2 is 1.68 bits per heavy atom. The predicted octanol–water partition coefficient (Wildman–Crippen LogP) is 5.81. The summed E-state index contributed by atoms with van der Waals surface area (Å²) < 4.78 is 16.3. The number of hydrogen-bond donors (Lipinski definition) is 1. The predicted molar refractivity (Wildman–Crippen MR) is 134 cm³/mol. The zero-order valence-corrected chi connectivity index (χ0v) is 19.8. The second kappa shape index (κ2) is 10.3. The lowest BCUT2D eigenvalue weighted by molar-refractivity contribution is 0.0941. The van der Waals surface area contributed by atoms with Gasteiger partial charge in [-0.1, -0.05) is 30.3 Å². The number of methoxy groups -OCH3 is 2. The van der Waals surface area contributed by atoms with Crippen molar-refractivity contribution in [3.63, 3.8) is 0 Å². The maximum atomic E-state index is 13.4. The van der Waals surface area contributed by atoms with Gasteiger partial charge in [0, 0.05) is 10.9 Å². The molecule has 6 heteroatoms. The fourth-order valence-electron chi connectivity index (χ4n) is 3.88. The Labute approximate surface area is 199 Å². The first-order valence-electron chi connectivity index (χ1n) is 11.2. The van der Waals surface area contributed by atoms with Crippen LogP contribution in [0.25, 0.3) is 22.2 Å². The molecule has 0 aliphatic rings. The van der Waals surface area contributed by atoms with Gasteiger partial charge in [0.25, 0.3) is 5.91 Å². The molecule has 0 spiro atoms. The first-order chi connectivity index (χ1) is 16.5. The van der Waals surface area contributed by atoms with Crippen molar-refractivity contribution in [2.75, 3.05) is 20.8 Å². The number of carbonyl (C=O) groups is 1. The van der Waals surface area contributed by atoms with Crippen LogP contribution in [-0.4, -0.2) is 31.7 Å². The highest BCUT2D eigenvalue weighted by Gasteiger charge is 2.17.